The number of rotatable bonds is 6. The number of benzene rings is 2. The quantitative estimate of drug-likeness (QED) is 0.243. The molecule has 4 rings (SSSR count). The molecule has 180 valence electrons. The maximum atomic E-state index is 12.6. The number of ether oxygens (including phenoxy) is 1. The molecule has 2 aromatic carbocycles. The average molecular weight is 591 g/mol. The van der Waals surface area contributed by atoms with Gasteiger partial charge in [-0.2, -0.15) is 5.10 Å². The van der Waals surface area contributed by atoms with Crippen molar-refractivity contribution in [3.63, 3.8) is 0 Å². The molecule has 8 heteroatoms. The van der Waals surface area contributed by atoms with Gasteiger partial charge >= 0.3 is 5.91 Å². The van der Waals surface area contributed by atoms with E-state index in [1.165, 1.54) is 11.3 Å². The van der Waals surface area contributed by atoms with Crippen molar-refractivity contribution >= 4 is 60.6 Å². The van der Waals surface area contributed by atoms with Gasteiger partial charge in [-0.15, -0.1) is 0 Å². The van der Waals surface area contributed by atoms with Crippen LogP contribution >= 0.6 is 31.9 Å². The van der Waals surface area contributed by atoms with Gasteiger partial charge in [0.2, 0.25) is 0 Å². The van der Waals surface area contributed by atoms with Crippen molar-refractivity contribution in [1.82, 2.24) is 5.43 Å². The van der Waals surface area contributed by atoms with Crippen LogP contribution in [0.2, 0.25) is 0 Å². The lowest BCUT2D eigenvalue weighted by atomic mass is 9.79. The van der Waals surface area contributed by atoms with E-state index in [4.69, 9.17) is 9.15 Å². The molecule has 1 aliphatic heterocycles. The molecule has 1 atom stereocenters. The summed E-state index contributed by atoms with van der Waals surface area (Å²) in [6.45, 7) is 10.1. The van der Waals surface area contributed by atoms with Gasteiger partial charge in [-0.25, -0.2) is 5.43 Å². The number of carbonyl (C=O) groups excluding carboxylic acids is 1. The maximum Gasteiger partial charge on any atom is 0.307 e. The molecule has 0 spiro atoms. The van der Waals surface area contributed by atoms with Gasteiger partial charge in [0.15, 0.2) is 5.76 Å². The lowest BCUT2D eigenvalue weighted by Crippen LogP contribution is -2.48. The summed E-state index contributed by atoms with van der Waals surface area (Å²) in [7, 11) is 1.66. The molecule has 1 aromatic heterocycles. The van der Waals surface area contributed by atoms with E-state index < -0.39 is 5.91 Å². The summed E-state index contributed by atoms with van der Waals surface area (Å²) in [5.74, 6) is 0.894. The predicted molar refractivity (Wildman–Crippen MR) is 144 cm³/mol. The molecule has 0 aliphatic carbocycles. The predicted octanol–water partition coefficient (Wildman–Crippen LogP) is 7.23. The van der Waals surface area contributed by atoms with Gasteiger partial charge in [0.25, 0.3) is 0 Å². The Morgan fingerprint density at radius 1 is 1.29 bits per heavy atom. The first-order valence-corrected chi connectivity index (χ1v) is 12.9. The van der Waals surface area contributed by atoms with Crippen LogP contribution in [0.15, 0.2) is 48.8 Å². The highest BCUT2D eigenvalue weighted by atomic mass is 79.9. The van der Waals surface area contributed by atoms with Crippen LogP contribution in [-0.4, -0.2) is 31.3 Å². The van der Waals surface area contributed by atoms with E-state index in [0.717, 1.165) is 45.0 Å². The number of nitrogens with one attached hydrogen (secondary N) is 1. The minimum absolute atomic E-state index is 0.0776. The molecule has 0 saturated carbocycles. The Morgan fingerprint density at radius 2 is 2.06 bits per heavy atom. The zero-order valence-corrected chi connectivity index (χ0v) is 23.2. The van der Waals surface area contributed by atoms with E-state index in [1.54, 1.807) is 19.4 Å². The zero-order valence-electron chi connectivity index (χ0n) is 20.0. The second kappa shape index (κ2) is 9.74. The molecular formula is C26H29Br2N3O3. The third kappa shape index (κ3) is 4.75. The van der Waals surface area contributed by atoms with Crippen LogP contribution in [-0.2, 0) is 0 Å². The number of anilines is 1. The Balaban J connectivity index is 1.59. The molecule has 34 heavy (non-hydrogen) atoms. The fraction of sp³-hybridized carbons (Fsp3) is 0.385. The van der Waals surface area contributed by atoms with Crippen molar-refractivity contribution in [3.8, 4) is 5.75 Å². The molecule has 0 bridgehead atoms. The molecule has 0 radical (unpaired) electrons. The Labute approximate surface area is 217 Å². The Kier molecular flexibility index (Phi) is 7.10. The fourth-order valence-corrected chi connectivity index (χ4v) is 6.19. The van der Waals surface area contributed by atoms with Crippen LogP contribution in [0.5, 0.6) is 5.75 Å². The van der Waals surface area contributed by atoms with Crippen molar-refractivity contribution in [1.29, 1.82) is 0 Å². The summed E-state index contributed by atoms with van der Waals surface area (Å²) >= 11 is 6.91. The highest BCUT2D eigenvalue weighted by Crippen LogP contribution is 2.45. The number of fused-ring (bicyclic) bond motifs is 2. The molecule has 1 N–H and O–H groups in total. The van der Waals surface area contributed by atoms with Gasteiger partial charge in [0, 0.05) is 39.3 Å². The Bertz CT molecular complexity index is 1270. The monoisotopic (exact) mass is 589 g/mol. The van der Waals surface area contributed by atoms with E-state index in [-0.39, 0.29) is 11.3 Å². The summed E-state index contributed by atoms with van der Waals surface area (Å²) in [6.07, 6.45) is 3.77. The molecule has 0 fully saturated rings. The SMILES string of the molecule is CCCN1c2cc(OC)c(/C=N\NC(=O)c3cc4cc(Br)cc(Br)c4o3)cc2C(C)CC1(C)C. The lowest BCUT2D eigenvalue weighted by Gasteiger charge is -2.47. The van der Waals surface area contributed by atoms with Crippen molar-refractivity contribution in [2.24, 2.45) is 5.10 Å². The molecular weight excluding hydrogens is 562 g/mol. The summed E-state index contributed by atoms with van der Waals surface area (Å²) < 4.78 is 13.1. The van der Waals surface area contributed by atoms with E-state index >= 15 is 0 Å². The number of carbonyl (C=O) groups is 1. The van der Waals surface area contributed by atoms with Gasteiger partial charge in [-0.3, -0.25) is 4.79 Å². The average Bonchev–Trinajstić information content (AvgIpc) is 3.20. The third-order valence-corrected chi connectivity index (χ3v) is 7.36. The molecule has 2 heterocycles. The maximum absolute atomic E-state index is 12.6. The number of amides is 1. The van der Waals surface area contributed by atoms with Crippen molar-refractivity contribution < 1.29 is 13.9 Å². The summed E-state index contributed by atoms with van der Waals surface area (Å²) in [5.41, 5.74) is 6.57. The molecule has 0 saturated heterocycles. The van der Waals surface area contributed by atoms with Crippen LogP contribution in [0.1, 0.15) is 68.1 Å². The smallest absolute Gasteiger partial charge is 0.307 e. The number of hydrogen-bond acceptors (Lipinski definition) is 5. The number of hydrazone groups is 1. The molecule has 1 amide bonds. The van der Waals surface area contributed by atoms with Crippen LogP contribution in [0.3, 0.4) is 0 Å². The van der Waals surface area contributed by atoms with E-state index in [2.05, 4.69) is 87.1 Å². The number of furan rings is 1. The van der Waals surface area contributed by atoms with Gasteiger partial charge in [-0.1, -0.05) is 29.8 Å². The number of hydrogen-bond donors (Lipinski definition) is 1. The number of halogens is 2. The van der Waals surface area contributed by atoms with E-state index in [9.17, 15) is 4.79 Å². The minimum atomic E-state index is -0.420. The minimum Gasteiger partial charge on any atom is -0.496 e. The topological polar surface area (TPSA) is 67.1 Å². The first-order chi connectivity index (χ1) is 16.1. The normalized spacial score (nSPS) is 17.3. The molecule has 6 nitrogen and oxygen atoms in total. The number of nitrogens with zero attached hydrogens (tertiary/aromatic N) is 2. The van der Waals surface area contributed by atoms with Crippen LogP contribution < -0.4 is 15.1 Å². The van der Waals surface area contributed by atoms with Gasteiger partial charge in [-0.05, 0) is 78.4 Å². The summed E-state index contributed by atoms with van der Waals surface area (Å²) in [4.78, 5) is 15.1. The van der Waals surface area contributed by atoms with E-state index in [0.29, 0.717) is 11.5 Å². The van der Waals surface area contributed by atoms with E-state index in [1.807, 2.05) is 12.1 Å². The van der Waals surface area contributed by atoms with Crippen molar-refractivity contribution in [2.75, 3.05) is 18.6 Å². The molecule has 3 aromatic rings. The second-order valence-electron chi connectivity index (χ2n) is 9.34. The third-order valence-electron chi connectivity index (χ3n) is 6.31. The van der Waals surface area contributed by atoms with Crippen molar-refractivity contribution in [3.05, 3.63) is 56.2 Å². The van der Waals surface area contributed by atoms with Crippen LogP contribution in [0, 0.1) is 0 Å². The molecule has 1 aliphatic rings. The Hall–Kier alpha value is -2.32. The second-order valence-corrected chi connectivity index (χ2v) is 11.1. The standard InChI is InChI=1S/C26H29Br2N3O3/c1-6-7-31-21-12-22(33-5)17(9-19(21)15(2)13-26(31,3)4)14-29-30-25(32)23-10-16-8-18(27)11-20(28)24(16)34-23/h8-12,14-15H,6-7,13H2,1-5H3,(H,30,32)/b29-14-. The summed E-state index contributed by atoms with van der Waals surface area (Å²) in [6, 6.07) is 9.69. The molecule has 1 unspecified atom stereocenters. The highest BCUT2D eigenvalue weighted by molar-refractivity contribution is 9.11. The highest BCUT2D eigenvalue weighted by Gasteiger charge is 2.36. The van der Waals surface area contributed by atoms with Crippen LogP contribution in [0.4, 0.5) is 5.69 Å². The zero-order chi connectivity index (χ0) is 24.6. The number of methoxy groups -OCH3 is 1. The summed E-state index contributed by atoms with van der Waals surface area (Å²) in [5, 5.41) is 5.02. The fourth-order valence-electron chi connectivity index (χ4n) is 4.86. The lowest BCUT2D eigenvalue weighted by molar-refractivity contribution is 0.0929. The Morgan fingerprint density at radius 3 is 2.76 bits per heavy atom. The first-order valence-electron chi connectivity index (χ1n) is 11.4. The largest absolute Gasteiger partial charge is 0.496 e. The van der Waals surface area contributed by atoms with Gasteiger partial charge < -0.3 is 14.1 Å². The van der Waals surface area contributed by atoms with Gasteiger partial charge in [0.1, 0.15) is 11.3 Å². The van der Waals surface area contributed by atoms with Gasteiger partial charge in [0.05, 0.1) is 17.8 Å². The van der Waals surface area contributed by atoms with Crippen molar-refractivity contribution in [2.45, 2.75) is 52.0 Å². The first kappa shape index (κ1) is 24.8. The van der Waals surface area contributed by atoms with Crippen LogP contribution in [0.25, 0.3) is 11.0 Å².